The van der Waals surface area contributed by atoms with Crippen LogP contribution in [0, 0.1) is 13.8 Å². The molecule has 0 aliphatic rings. The number of rotatable bonds is 3. The summed E-state index contributed by atoms with van der Waals surface area (Å²) >= 11 is 9.13. The first-order chi connectivity index (χ1) is 9.02. The van der Waals surface area contributed by atoms with Crippen LogP contribution in [0.3, 0.4) is 0 Å². The van der Waals surface area contributed by atoms with E-state index < -0.39 is 0 Å². The van der Waals surface area contributed by atoms with Crippen molar-refractivity contribution in [3.63, 3.8) is 0 Å². The molecular weight excluding hydrogens is 395 g/mol. The summed E-state index contributed by atoms with van der Waals surface area (Å²) in [4.78, 5) is 4.37. The molecule has 0 aliphatic carbocycles. The highest BCUT2D eigenvalue weighted by atomic mass is 127. The van der Waals surface area contributed by atoms with Crippen molar-refractivity contribution in [1.29, 1.82) is 0 Å². The van der Waals surface area contributed by atoms with Crippen molar-refractivity contribution in [2.45, 2.75) is 13.8 Å². The largest absolute Gasteiger partial charge is 0.389 e. The number of halogens is 2. The van der Waals surface area contributed by atoms with Crippen molar-refractivity contribution in [2.24, 2.45) is 3.21 Å². The van der Waals surface area contributed by atoms with Crippen LogP contribution in [-0.4, -0.2) is 10.2 Å². The average molecular weight is 407 g/mol. The lowest BCUT2D eigenvalue weighted by Crippen LogP contribution is -1.98. The van der Waals surface area contributed by atoms with E-state index >= 15 is 0 Å². The number of nitrogen functional groups attached to an aromatic ring is 1. The monoisotopic (exact) mass is 406 g/mol. The molecule has 100 valence electrons. The number of thiazole rings is 1. The number of para-hydroxylation sites is 1. The molecule has 1 heterocycles. The molecule has 1 aromatic heterocycles. The summed E-state index contributed by atoms with van der Waals surface area (Å²) in [5, 5.41) is 4.87. The van der Waals surface area contributed by atoms with Gasteiger partial charge in [0.2, 0.25) is 0 Å². The second-order valence-corrected chi connectivity index (χ2v) is 5.87. The minimum Gasteiger partial charge on any atom is -0.389 e. The fraction of sp³-hybridized carbons (Fsp3) is 0.167. The molecule has 0 radical (unpaired) electrons. The number of nitrogens with zero attached hydrogens (tertiary/aromatic N) is 2. The van der Waals surface area contributed by atoms with Crippen molar-refractivity contribution >= 4 is 66.8 Å². The van der Waals surface area contributed by atoms with Crippen LogP contribution in [0.2, 0.25) is 0 Å². The highest BCUT2D eigenvalue weighted by Crippen LogP contribution is 2.31. The fourth-order valence-electron chi connectivity index (χ4n) is 1.69. The van der Waals surface area contributed by atoms with E-state index in [1.54, 1.807) is 0 Å². The van der Waals surface area contributed by atoms with Gasteiger partial charge in [-0.3, -0.25) is 0 Å². The second-order valence-electron chi connectivity index (χ2n) is 4.00. The van der Waals surface area contributed by atoms with E-state index in [9.17, 15) is 0 Å². The molecule has 7 heteroatoms. The Kier molecular flexibility index (Phi) is 4.64. The first-order valence-corrected chi connectivity index (χ1v) is 7.63. The third-order valence-corrected chi connectivity index (χ3v) is 4.47. The summed E-state index contributed by atoms with van der Waals surface area (Å²) in [6.07, 6.45) is 0. The van der Waals surface area contributed by atoms with Gasteiger partial charge in [0.15, 0.2) is 10.3 Å². The molecule has 0 fully saturated rings. The van der Waals surface area contributed by atoms with Gasteiger partial charge in [0.25, 0.3) is 0 Å². The number of aromatic nitrogens is 1. The molecule has 0 spiro atoms. The Morgan fingerprint density at radius 1 is 1.42 bits per heavy atom. The molecule has 0 saturated heterocycles. The molecule has 3 N–H and O–H groups in total. The van der Waals surface area contributed by atoms with Gasteiger partial charge in [-0.1, -0.05) is 41.1 Å². The predicted molar refractivity (Wildman–Crippen MR) is 92.1 cm³/mol. The number of anilines is 3. The van der Waals surface area contributed by atoms with Crippen LogP contribution in [0.1, 0.15) is 16.8 Å². The molecule has 4 nitrogen and oxygen atoms in total. The van der Waals surface area contributed by atoms with Gasteiger partial charge in [-0.2, -0.15) is 0 Å². The first kappa shape index (κ1) is 14.5. The van der Waals surface area contributed by atoms with Crippen molar-refractivity contribution in [3.8, 4) is 0 Å². The molecule has 0 aliphatic heterocycles. The number of hydrogen-bond acceptors (Lipinski definition) is 5. The molecule has 0 saturated carbocycles. The topological polar surface area (TPSA) is 63.3 Å². The highest BCUT2D eigenvalue weighted by Gasteiger charge is 2.13. The highest BCUT2D eigenvalue weighted by molar-refractivity contribution is 14.1. The Morgan fingerprint density at radius 2 is 2.05 bits per heavy atom. The Balaban J connectivity index is 2.35. The minimum atomic E-state index is 0.309. The third kappa shape index (κ3) is 3.18. The summed E-state index contributed by atoms with van der Waals surface area (Å²) in [6.45, 7) is 4.10. The number of hydrogen-bond donors (Lipinski definition) is 2. The summed E-state index contributed by atoms with van der Waals surface area (Å²) < 4.78 is 3.86. The van der Waals surface area contributed by atoms with Crippen molar-refractivity contribution < 1.29 is 0 Å². The van der Waals surface area contributed by atoms with E-state index in [-0.39, 0.29) is 0 Å². The van der Waals surface area contributed by atoms with Crippen LogP contribution in [-0.2, 0) is 0 Å². The molecular formula is C12H12ClIN4S. The van der Waals surface area contributed by atoms with E-state index in [4.69, 9.17) is 17.3 Å². The maximum absolute atomic E-state index is 5.95. The minimum absolute atomic E-state index is 0.309. The summed E-state index contributed by atoms with van der Waals surface area (Å²) in [6, 6.07) is 6.12. The lowest BCUT2D eigenvalue weighted by molar-refractivity contribution is 1.32. The summed E-state index contributed by atoms with van der Waals surface area (Å²) in [5.74, 6) is 0. The smallest absolute Gasteiger partial charge is 0.189 e. The molecule has 0 atom stereocenters. The quantitative estimate of drug-likeness (QED) is 0.586. The molecule has 0 amide bonds. The number of aryl methyl sites for hydroxylation is 2. The maximum atomic E-state index is 5.95. The fourth-order valence-corrected chi connectivity index (χ4v) is 2.86. The normalized spacial score (nSPS) is 11.7. The van der Waals surface area contributed by atoms with Gasteiger partial charge in [0.1, 0.15) is 10.7 Å². The van der Waals surface area contributed by atoms with Crippen molar-refractivity contribution in [2.75, 3.05) is 11.1 Å². The number of benzene rings is 1. The van der Waals surface area contributed by atoms with Crippen LogP contribution in [0.25, 0.3) is 0 Å². The first-order valence-electron chi connectivity index (χ1n) is 5.47. The van der Waals surface area contributed by atoms with Gasteiger partial charge in [-0.25, -0.2) is 8.19 Å². The van der Waals surface area contributed by atoms with Gasteiger partial charge in [0, 0.05) is 5.69 Å². The van der Waals surface area contributed by atoms with E-state index in [0.717, 1.165) is 16.8 Å². The second kappa shape index (κ2) is 6.06. The Morgan fingerprint density at radius 3 is 2.63 bits per heavy atom. The van der Waals surface area contributed by atoms with E-state index in [1.807, 2.05) is 54.9 Å². The zero-order valence-electron chi connectivity index (χ0n) is 10.4. The van der Waals surface area contributed by atoms with Crippen LogP contribution in [0.15, 0.2) is 21.4 Å². The van der Waals surface area contributed by atoms with E-state index in [1.165, 1.54) is 11.3 Å². The number of nitrogens with one attached hydrogen (secondary N) is 1. The van der Waals surface area contributed by atoms with E-state index in [2.05, 4.69) is 13.5 Å². The molecule has 0 unspecified atom stereocenters. The van der Waals surface area contributed by atoms with Gasteiger partial charge < -0.3 is 11.1 Å². The molecule has 0 bridgehead atoms. The lowest BCUT2D eigenvalue weighted by Gasteiger charge is -2.09. The number of nitrogens with two attached hydrogens (primary N) is 1. The maximum Gasteiger partial charge on any atom is 0.189 e. The van der Waals surface area contributed by atoms with Gasteiger partial charge in [0.05, 0.1) is 22.9 Å². The molecule has 2 aromatic rings. The third-order valence-electron chi connectivity index (χ3n) is 2.64. The van der Waals surface area contributed by atoms with E-state index in [0.29, 0.717) is 21.0 Å². The van der Waals surface area contributed by atoms with Gasteiger partial charge in [-0.05, 0) is 25.0 Å². The Bertz CT molecular complexity index is 618. The molecule has 19 heavy (non-hydrogen) atoms. The average Bonchev–Trinajstić information content (AvgIpc) is 2.74. The zero-order valence-corrected chi connectivity index (χ0v) is 14.1. The molecule has 1 aromatic carbocycles. The summed E-state index contributed by atoms with van der Waals surface area (Å²) in [7, 11) is 0. The van der Waals surface area contributed by atoms with Crippen LogP contribution in [0.5, 0.6) is 0 Å². The standard InChI is InChI=1S/C12H12ClIN4S/c1-6-4-3-5-7(2)8(6)16-12-17-9(10(13)18-14)11(15)19-12/h3-5H,15H2,1-2H3,(H,16,17). The lowest BCUT2D eigenvalue weighted by atomic mass is 10.1. The van der Waals surface area contributed by atoms with Crippen LogP contribution >= 0.6 is 45.8 Å². The Hall–Kier alpha value is -0.860. The van der Waals surface area contributed by atoms with Crippen LogP contribution < -0.4 is 11.1 Å². The Labute approximate surface area is 134 Å². The van der Waals surface area contributed by atoms with Crippen molar-refractivity contribution in [1.82, 2.24) is 4.98 Å². The summed E-state index contributed by atoms with van der Waals surface area (Å²) in [5.41, 5.74) is 9.78. The molecule has 2 rings (SSSR count). The van der Waals surface area contributed by atoms with Crippen LogP contribution in [0.4, 0.5) is 15.8 Å². The predicted octanol–water partition coefficient (Wildman–Crippen LogP) is 4.42. The van der Waals surface area contributed by atoms with Gasteiger partial charge in [-0.15, -0.1) is 0 Å². The zero-order chi connectivity index (χ0) is 14.0. The van der Waals surface area contributed by atoms with Crippen molar-refractivity contribution in [3.05, 3.63) is 35.0 Å². The van der Waals surface area contributed by atoms with Gasteiger partial charge >= 0.3 is 0 Å². The SMILES string of the molecule is Cc1cccc(C)c1Nc1nc(C(Cl)=NI)c(N)s1.